The van der Waals surface area contributed by atoms with Crippen LogP contribution in [0.15, 0.2) is 48.7 Å². The monoisotopic (exact) mass is 268 g/mol. The van der Waals surface area contributed by atoms with Gasteiger partial charge in [0, 0.05) is 18.8 Å². The Labute approximate surface area is 120 Å². The lowest BCUT2D eigenvalue weighted by Crippen LogP contribution is -2.15. The minimum absolute atomic E-state index is 0.561. The predicted octanol–water partition coefficient (Wildman–Crippen LogP) is 3.05. The largest absolute Gasteiger partial charge is 0.370 e. The molecule has 0 bridgehead atoms. The Morgan fingerprint density at radius 3 is 2.55 bits per heavy atom. The van der Waals surface area contributed by atoms with E-state index in [1.165, 1.54) is 24.0 Å². The molecule has 104 valence electrons. The minimum Gasteiger partial charge on any atom is -0.370 e. The first kappa shape index (κ1) is 13.3. The quantitative estimate of drug-likeness (QED) is 0.838. The Bertz CT molecular complexity index is 520. The lowest BCUT2D eigenvalue weighted by Gasteiger charge is -2.06. The topological polar surface area (TPSA) is 34.1 Å². The maximum absolute atomic E-state index is 5.68. The van der Waals surface area contributed by atoms with Crippen LogP contribution < -0.4 is 5.32 Å². The molecule has 1 heterocycles. The van der Waals surface area contributed by atoms with E-state index in [4.69, 9.17) is 4.74 Å². The zero-order chi connectivity index (χ0) is 13.6. The zero-order valence-corrected chi connectivity index (χ0v) is 11.6. The SMILES string of the molecule is c1ccc(COCc2ccc(CNC3CC3)cn2)cc1. The molecule has 0 radical (unpaired) electrons. The van der Waals surface area contributed by atoms with Gasteiger partial charge >= 0.3 is 0 Å². The fourth-order valence-electron chi connectivity index (χ4n) is 2.04. The van der Waals surface area contributed by atoms with Crippen LogP contribution in [0.2, 0.25) is 0 Å². The molecule has 0 aliphatic heterocycles. The van der Waals surface area contributed by atoms with Gasteiger partial charge in [0.15, 0.2) is 0 Å². The molecular formula is C17H20N2O. The van der Waals surface area contributed by atoms with Gasteiger partial charge in [-0.25, -0.2) is 0 Å². The van der Waals surface area contributed by atoms with Crippen molar-refractivity contribution in [2.75, 3.05) is 0 Å². The van der Waals surface area contributed by atoms with Gasteiger partial charge in [-0.1, -0.05) is 36.4 Å². The highest BCUT2D eigenvalue weighted by Crippen LogP contribution is 2.19. The summed E-state index contributed by atoms with van der Waals surface area (Å²) < 4.78 is 5.68. The van der Waals surface area contributed by atoms with E-state index in [2.05, 4.69) is 34.6 Å². The summed E-state index contributed by atoms with van der Waals surface area (Å²) in [5.41, 5.74) is 3.41. The van der Waals surface area contributed by atoms with E-state index in [1.807, 2.05) is 24.4 Å². The van der Waals surface area contributed by atoms with Crippen molar-refractivity contribution in [3.63, 3.8) is 0 Å². The molecule has 1 aliphatic rings. The third-order valence-electron chi connectivity index (χ3n) is 3.42. The molecule has 0 spiro atoms. The summed E-state index contributed by atoms with van der Waals surface area (Å²) in [7, 11) is 0. The first-order valence-corrected chi connectivity index (χ1v) is 7.19. The molecule has 1 aliphatic carbocycles. The van der Waals surface area contributed by atoms with Crippen molar-refractivity contribution < 1.29 is 4.74 Å². The maximum atomic E-state index is 5.68. The summed E-state index contributed by atoms with van der Waals surface area (Å²) in [6.07, 6.45) is 4.58. The highest BCUT2D eigenvalue weighted by atomic mass is 16.5. The maximum Gasteiger partial charge on any atom is 0.0892 e. The summed E-state index contributed by atoms with van der Waals surface area (Å²) in [5.74, 6) is 0. The van der Waals surface area contributed by atoms with Gasteiger partial charge in [-0.2, -0.15) is 0 Å². The van der Waals surface area contributed by atoms with Gasteiger partial charge in [0.05, 0.1) is 18.9 Å². The first-order valence-electron chi connectivity index (χ1n) is 7.19. The number of benzene rings is 1. The van der Waals surface area contributed by atoms with E-state index in [0.717, 1.165) is 18.3 Å². The van der Waals surface area contributed by atoms with Crippen LogP contribution in [0.4, 0.5) is 0 Å². The van der Waals surface area contributed by atoms with Gasteiger partial charge < -0.3 is 10.1 Å². The average molecular weight is 268 g/mol. The molecule has 0 atom stereocenters. The molecule has 0 saturated heterocycles. The summed E-state index contributed by atoms with van der Waals surface area (Å²) in [4.78, 5) is 4.44. The van der Waals surface area contributed by atoms with E-state index >= 15 is 0 Å². The van der Waals surface area contributed by atoms with Crippen LogP contribution in [0.25, 0.3) is 0 Å². The molecule has 20 heavy (non-hydrogen) atoms. The summed E-state index contributed by atoms with van der Waals surface area (Å²) in [5, 5.41) is 3.49. The molecular weight excluding hydrogens is 248 g/mol. The van der Waals surface area contributed by atoms with E-state index in [9.17, 15) is 0 Å². The van der Waals surface area contributed by atoms with Gasteiger partial charge in [-0.3, -0.25) is 4.98 Å². The molecule has 3 heteroatoms. The normalized spacial score (nSPS) is 14.4. The summed E-state index contributed by atoms with van der Waals surface area (Å²) in [6, 6.07) is 15.1. The van der Waals surface area contributed by atoms with Gasteiger partial charge in [0.2, 0.25) is 0 Å². The molecule has 3 rings (SSSR count). The van der Waals surface area contributed by atoms with Crippen molar-refractivity contribution in [3.8, 4) is 0 Å². The Hall–Kier alpha value is -1.71. The number of aromatic nitrogens is 1. The Morgan fingerprint density at radius 2 is 1.85 bits per heavy atom. The number of ether oxygens (including phenoxy) is 1. The van der Waals surface area contributed by atoms with Crippen LogP contribution in [0, 0.1) is 0 Å². The van der Waals surface area contributed by atoms with Crippen LogP contribution in [0.3, 0.4) is 0 Å². The Morgan fingerprint density at radius 1 is 1.00 bits per heavy atom. The molecule has 3 nitrogen and oxygen atoms in total. The highest BCUT2D eigenvalue weighted by molar-refractivity contribution is 5.15. The summed E-state index contributed by atoms with van der Waals surface area (Å²) >= 11 is 0. The Kier molecular flexibility index (Phi) is 4.41. The van der Waals surface area contributed by atoms with Crippen molar-refractivity contribution in [2.45, 2.75) is 38.6 Å². The lowest BCUT2D eigenvalue weighted by atomic mass is 10.2. The number of pyridine rings is 1. The average Bonchev–Trinajstić information content (AvgIpc) is 3.32. The van der Waals surface area contributed by atoms with Crippen LogP contribution >= 0.6 is 0 Å². The predicted molar refractivity (Wildman–Crippen MR) is 79.0 cm³/mol. The number of hydrogen-bond donors (Lipinski definition) is 1. The molecule has 0 amide bonds. The second-order valence-corrected chi connectivity index (χ2v) is 5.29. The molecule has 1 fully saturated rings. The van der Waals surface area contributed by atoms with E-state index in [0.29, 0.717) is 13.2 Å². The van der Waals surface area contributed by atoms with Crippen LogP contribution in [0.1, 0.15) is 29.7 Å². The third kappa shape index (κ3) is 4.15. The molecule has 1 N–H and O–H groups in total. The van der Waals surface area contributed by atoms with Gasteiger partial charge in [0.1, 0.15) is 0 Å². The molecule has 1 aromatic carbocycles. The molecule has 1 aromatic heterocycles. The second-order valence-electron chi connectivity index (χ2n) is 5.29. The van der Waals surface area contributed by atoms with E-state index in [1.54, 1.807) is 0 Å². The number of nitrogens with one attached hydrogen (secondary N) is 1. The summed E-state index contributed by atoms with van der Waals surface area (Å²) in [6.45, 7) is 2.11. The fraction of sp³-hybridized carbons (Fsp3) is 0.353. The van der Waals surface area contributed by atoms with Crippen molar-refractivity contribution in [2.24, 2.45) is 0 Å². The molecule has 2 aromatic rings. The number of hydrogen-bond acceptors (Lipinski definition) is 3. The highest BCUT2D eigenvalue weighted by Gasteiger charge is 2.19. The lowest BCUT2D eigenvalue weighted by molar-refractivity contribution is 0.104. The number of rotatable bonds is 7. The van der Waals surface area contributed by atoms with Crippen molar-refractivity contribution in [3.05, 3.63) is 65.5 Å². The van der Waals surface area contributed by atoms with E-state index < -0.39 is 0 Å². The van der Waals surface area contributed by atoms with Gasteiger partial charge in [-0.15, -0.1) is 0 Å². The van der Waals surface area contributed by atoms with Crippen molar-refractivity contribution in [1.29, 1.82) is 0 Å². The molecule has 1 saturated carbocycles. The second kappa shape index (κ2) is 6.64. The first-order chi connectivity index (χ1) is 9.90. The zero-order valence-electron chi connectivity index (χ0n) is 11.6. The minimum atomic E-state index is 0.561. The standard InChI is InChI=1S/C17H20N2O/c1-2-4-14(5-3-1)12-20-13-17-7-6-15(11-19-17)10-18-16-8-9-16/h1-7,11,16,18H,8-10,12-13H2. The van der Waals surface area contributed by atoms with Gasteiger partial charge in [-0.05, 0) is 30.0 Å². The third-order valence-corrected chi connectivity index (χ3v) is 3.42. The Balaban J connectivity index is 1.43. The van der Waals surface area contributed by atoms with Crippen molar-refractivity contribution >= 4 is 0 Å². The van der Waals surface area contributed by atoms with Gasteiger partial charge in [0.25, 0.3) is 0 Å². The van der Waals surface area contributed by atoms with Crippen LogP contribution in [0.5, 0.6) is 0 Å². The number of nitrogens with zero attached hydrogens (tertiary/aromatic N) is 1. The fourth-order valence-corrected chi connectivity index (χ4v) is 2.04. The van der Waals surface area contributed by atoms with Crippen LogP contribution in [-0.2, 0) is 24.5 Å². The smallest absolute Gasteiger partial charge is 0.0892 e. The molecule has 0 unspecified atom stereocenters. The van der Waals surface area contributed by atoms with Crippen LogP contribution in [-0.4, -0.2) is 11.0 Å². The van der Waals surface area contributed by atoms with Crippen molar-refractivity contribution in [1.82, 2.24) is 10.3 Å². The van der Waals surface area contributed by atoms with E-state index in [-0.39, 0.29) is 0 Å².